The van der Waals surface area contributed by atoms with Gasteiger partial charge in [-0.2, -0.15) is 5.26 Å². The van der Waals surface area contributed by atoms with Gasteiger partial charge in [-0.15, -0.1) is 0 Å². The van der Waals surface area contributed by atoms with Gasteiger partial charge in [0.05, 0.1) is 16.6 Å². The van der Waals surface area contributed by atoms with Crippen LogP contribution in [0.15, 0.2) is 46.9 Å². The quantitative estimate of drug-likeness (QED) is 0.686. The Bertz CT molecular complexity index is 663. The fraction of sp³-hybridized carbons (Fsp3) is 0. The van der Waals surface area contributed by atoms with Gasteiger partial charge in [0.15, 0.2) is 0 Å². The number of anilines is 2. The van der Waals surface area contributed by atoms with E-state index < -0.39 is 4.92 Å². The Kier molecular flexibility index (Phi) is 3.78. The van der Waals surface area contributed by atoms with Gasteiger partial charge >= 0.3 is 0 Å². The summed E-state index contributed by atoms with van der Waals surface area (Å²) in [5, 5.41) is 22.6. The Morgan fingerprint density at radius 2 is 1.89 bits per heavy atom. The van der Waals surface area contributed by atoms with Gasteiger partial charge in [0.2, 0.25) is 0 Å². The van der Waals surface area contributed by atoms with Gasteiger partial charge in [-0.05, 0) is 36.4 Å². The molecule has 1 N–H and O–H groups in total. The van der Waals surface area contributed by atoms with Gasteiger partial charge in [0.1, 0.15) is 5.69 Å². The largest absolute Gasteiger partial charge is 0.350 e. The number of nitro benzene ring substituents is 1. The molecule has 2 rings (SSSR count). The minimum Gasteiger partial charge on any atom is -0.350 e. The number of hydrogen-bond donors (Lipinski definition) is 1. The first-order valence-corrected chi connectivity index (χ1v) is 6.10. The summed E-state index contributed by atoms with van der Waals surface area (Å²) < 4.78 is 0.643. The highest BCUT2D eigenvalue weighted by atomic mass is 79.9. The normalized spacial score (nSPS) is 9.68. The lowest BCUT2D eigenvalue weighted by Crippen LogP contribution is -1.97. The highest BCUT2D eigenvalue weighted by molar-refractivity contribution is 9.10. The molecule has 6 heteroatoms. The minimum absolute atomic E-state index is 0.0151. The average molecular weight is 318 g/mol. The minimum atomic E-state index is -0.448. The van der Waals surface area contributed by atoms with Crippen molar-refractivity contribution in [2.75, 3.05) is 5.32 Å². The summed E-state index contributed by atoms with van der Waals surface area (Å²) in [4.78, 5) is 10.5. The van der Waals surface area contributed by atoms with Crippen molar-refractivity contribution < 1.29 is 4.92 Å². The third-order valence-electron chi connectivity index (χ3n) is 2.45. The Labute approximate surface area is 117 Å². The molecule has 0 saturated heterocycles. The maximum atomic E-state index is 11.0. The molecule has 0 aromatic heterocycles. The average Bonchev–Trinajstić information content (AvgIpc) is 2.41. The second-order valence-electron chi connectivity index (χ2n) is 3.73. The third-order valence-corrected chi connectivity index (χ3v) is 2.94. The van der Waals surface area contributed by atoms with E-state index in [-0.39, 0.29) is 5.69 Å². The zero-order chi connectivity index (χ0) is 13.8. The van der Waals surface area contributed by atoms with Crippen molar-refractivity contribution in [1.29, 1.82) is 5.26 Å². The van der Waals surface area contributed by atoms with Crippen molar-refractivity contribution in [3.8, 4) is 6.07 Å². The second kappa shape index (κ2) is 5.50. The van der Waals surface area contributed by atoms with Crippen molar-refractivity contribution in [2.24, 2.45) is 0 Å². The molecule has 0 aliphatic heterocycles. The lowest BCUT2D eigenvalue weighted by atomic mass is 10.2. The zero-order valence-corrected chi connectivity index (χ0v) is 11.2. The molecule has 0 spiro atoms. The lowest BCUT2D eigenvalue weighted by molar-refractivity contribution is -0.384. The van der Waals surface area contributed by atoms with Crippen molar-refractivity contribution in [3.63, 3.8) is 0 Å². The van der Waals surface area contributed by atoms with Crippen molar-refractivity contribution >= 4 is 33.0 Å². The Balaban J connectivity index is 2.32. The van der Waals surface area contributed by atoms with E-state index >= 15 is 0 Å². The van der Waals surface area contributed by atoms with Crippen molar-refractivity contribution in [3.05, 3.63) is 62.6 Å². The predicted molar refractivity (Wildman–Crippen MR) is 75.2 cm³/mol. The second-order valence-corrected chi connectivity index (χ2v) is 4.65. The number of benzene rings is 2. The summed E-state index contributed by atoms with van der Waals surface area (Å²) in [6, 6.07) is 13.5. The predicted octanol–water partition coefficient (Wildman–Crippen LogP) is 3.97. The van der Waals surface area contributed by atoms with Crippen LogP contribution in [-0.2, 0) is 0 Å². The molecule has 0 atom stereocenters. The molecule has 94 valence electrons. The highest BCUT2D eigenvalue weighted by Crippen LogP contribution is 2.30. The fourth-order valence-electron chi connectivity index (χ4n) is 1.55. The van der Waals surface area contributed by atoms with Gasteiger partial charge in [-0.3, -0.25) is 10.1 Å². The van der Waals surface area contributed by atoms with E-state index in [0.29, 0.717) is 21.4 Å². The van der Waals surface area contributed by atoms with Crippen LogP contribution in [0, 0.1) is 21.4 Å². The summed E-state index contributed by atoms with van der Waals surface area (Å²) in [6.07, 6.45) is 0. The van der Waals surface area contributed by atoms with Crippen LogP contribution in [0.25, 0.3) is 0 Å². The first-order valence-electron chi connectivity index (χ1n) is 5.31. The Morgan fingerprint density at radius 1 is 1.21 bits per heavy atom. The Morgan fingerprint density at radius 3 is 2.47 bits per heavy atom. The van der Waals surface area contributed by atoms with E-state index in [1.165, 1.54) is 6.07 Å². The maximum absolute atomic E-state index is 11.0. The SMILES string of the molecule is N#Cc1ccc(Nc2ccc(Br)cc2[N+](=O)[O-])cc1. The van der Waals surface area contributed by atoms with Gasteiger partial charge in [-0.25, -0.2) is 0 Å². The molecule has 0 aliphatic rings. The molecule has 19 heavy (non-hydrogen) atoms. The number of rotatable bonds is 3. The molecule has 0 bridgehead atoms. The van der Waals surface area contributed by atoms with Crippen LogP contribution >= 0.6 is 15.9 Å². The summed E-state index contributed by atoms with van der Waals surface area (Å²) in [6.45, 7) is 0. The molecule has 0 saturated carbocycles. The summed E-state index contributed by atoms with van der Waals surface area (Å²) >= 11 is 3.20. The Hall–Kier alpha value is -2.39. The van der Waals surface area contributed by atoms with Crippen LogP contribution in [0.5, 0.6) is 0 Å². The van der Waals surface area contributed by atoms with E-state index in [0.717, 1.165) is 0 Å². The zero-order valence-electron chi connectivity index (χ0n) is 9.63. The molecule has 5 nitrogen and oxygen atoms in total. The van der Waals surface area contributed by atoms with Crippen LogP contribution in [-0.4, -0.2) is 4.92 Å². The maximum Gasteiger partial charge on any atom is 0.293 e. The molecule has 0 radical (unpaired) electrons. The molecule has 0 fully saturated rings. The molecule has 2 aromatic rings. The van der Waals surface area contributed by atoms with Crippen molar-refractivity contribution in [2.45, 2.75) is 0 Å². The van der Waals surface area contributed by atoms with E-state index in [1.54, 1.807) is 36.4 Å². The lowest BCUT2D eigenvalue weighted by Gasteiger charge is -2.07. The number of halogens is 1. The first kappa shape index (κ1) is 13.1. The summed E-state index contributed by atoms with van der Waals surface area (Å²) in [5.41, 5.74) is 1.61. The van der Waals surface area contributed by atoms with Crippen LogP contribution < -0.4 is 5.32 Å². The third kappa shape index (κ3) is 3.09. The molecule has 0 heterocycles. The van der Waals surface area contributed by atoms with Gasteiger partial charge in [0, 0.05) is 16.2 Å². The number of nitro groups is 1. The smallest absolute Gasteiger partial charge is 0.293 e. The molecule has 0 aliphatic carbocycles. The standard InChI is InChI=1S/C13H8BrN3O2/c14-10-3-6-12(13(7-10)17(18)19)16-11-4-1-9(8-15)2-5-11/h1-7,16H. The van der Waals surface area contributed by atoms with E-state index in [2.05, 4.69) is 21.2 Å². The monoisotopic (exact) mass is 317 g/mol. The summed E-state index contributed by atoms with van der Waals surface area (Å²) in [5.74, 6) is 0. The van der Waals surface area contributed by atoms with E-state index in [4.69, 9.17) is 5.26 Å². The topological polar surface area (TPSA) is 79.0 Å². The van der Waals surface area contributed by atoms with Crippen molar-refractivity contribution in [1.82, 2.24) is 0 Å². The number of nitrogens with zero attached hydrogens (tertiary/aromatic N) is 2. The first-order chi connectivity index (χ1) is 9.10. The highest BCUT2D eigenvalue weighted by Gasteiger charge is 2.14. The molecular formula is C13H8BrN3O2. The number of nitriles is 1. The molecule has 2 aromatic carbocycles. The van der Waals surface area contributed by atoms with Gasteiger partial charge in [-0.1, -0.05) is 15.9 Å². The molecular weight excluding hydrogens is 310 g/mol. The van der Waals surface area contributed by atoms with Crippen LogP contribution in [0.4, 0.5) is 17.1 Å². The number of hydrogen-bond acceptors (Lipinski definition) is 4. The van der Waals surface area contributed by atoms with Gasteiger partial charge in [0.25, 0.3) is 5.69 Å². The molecule has 0 amide bonds. The van der Waals surface area contributed by atoms with Crippen LogP contribution in [0.1, 0.15) is 5.56 Å². The summed E-state index contributed by atoms with van der Waals surface area (Å²) in [7, 11) is 0. The number of nitrogens with one attached hydrogen (secondary N) is 1. The fourth-order valence-corrected chi connectivity index (χ4v) is 1.89. The van der Waals surface area contributed by atoms with E-state index in [9.17, 15) is 10.1 Å². The van der Waals surface area contributed by atoms with Crippen LogP contribution in [0.2, 0.25) is 0 Å². The van der Waals surface area contributed by atoms with Gasteiger partial charge < -0.3 is 5.32 Å². The van der Waals surface area contributed by atoms with Crippen LogP contribution in [0.3, 0.4) is 0 Å². The van der Waals surface area contributed by atoms with E-state index in [1.807, 2.05) is 6.07 Å². The molecule has 0 unspecified atom stereocenters.